The van der Waals surface area contributed by atoms with E-state index in [9.17, 15) is 18.0 Å². The van der Waals surface area contributed by atoms with Crippen LogP contribution in [0.2, 0.25) is 0 Å². The lowest BCUT2D eigenvalue weighted by Gasteiger charge is -2.08. The van der Waals surface area contributed by atoms with Crippen LogP contribution in [0.15, 0.2) is 39.1 Å². The number of aryl methyl sites for hydroxylation is 2. The van der Waals surface area contributed by atoms with Gasteiger partial charge in [-0.1, -0.05) is 30.8 Å². The second kappa shape index (κ2) is 9.51. The number of aromatic nitrogens is 2. The summed E-state index contributed by atoms with van der Waals surface area (Å²) in [6, 6.07) is 6.23. The molecule has 0 atom stereocenters. The van der Waals surface area contributed by atoms with E-state index in [2.05, 4.69) is 10.3 Å². The molecule has 11 heteroatoms. The quantitative estimate of drug-likeness (QED) is 0.375. The van der Waals surface area contributed by atoms with Gasteiger partial charge >= 0.3 is 0 Å². The smallest absolute Gasteiger partial charge is 0.262 e. The molecule has 2 aromatic heterocycles. The van der Waals surface area contributed by atoms with Gasteiger partial charge in [0.2, 0.25) is 15.9 Å². The lowest BCUT2D eigenvalue weighted by Crippen LogP contribution is -2.28. The molecule has 3 N–H and O–H groups in total. The molecule has 0 bridgehead atoms. The summed E-state index contributed by atoms with van der Waals surface area (Å²) in [5, 5.41) is 9.09. The van der Waals surface area contributed by atoms with Gasteiger partial charge in [-0.05, 0) is 43.0 Å². The lowest BCUT2D eigenvalue weighted by molar-refractivity contribution is -0.118. The number of thioether (sulfide) groups is 1. The van der Waals surface area contributed by atoms with Crippen LogP contribution >= 0.6 is 23.1 Å². The highest BCUT2D eigenvalue weighted by atomic mass is 32.2. The highest BCUT2D eigenvalue weighted by Gasteiger charge is 2.17. The maximum Gasteiger partial charge on any atom is 0.262 e. The third kappa shape index (κ3) is 5.35. The molecule has 0 saturated heterocycles. The zero-order valence-corrected chi connectivity index (χ0v) is 19.9. The molecule has 1 amide bonds. The number of benzene rings is 1. The van der Waals surface area contributed by atoms with Gasteiger partial charge in [0, 0.05) is 18.5 Å². The van der Waals surface area contributed by atoms with E-state index >= 15 is 0 Å². The van der Waals surface area contributed by atoms with Crippen LogP contribution < -0.4 is 16.0 Å². The zero-order chi connectivity index (χ0) is 22.8. The van der Waals surface area contributed by atoms with E-state index < -0.39 is 10.0 Å². The van der Waals surface area contributed by atoms with Crippen molar-refractivity contribution < 1.29 is 13.2 Å². The molecule has 0 fully saturated rings. The van der Waals surface area contributed by atoms with Gasteiger partial charge in [0.25, 0.3) is 5.56 Å². The molecule has 0 aliphatic heterocycles. The van der Waals surface area contributed by atoms with E-state index in [1.165, 1.54) is 39.8 Å². The van der Waals surface area contributed by atoms with E-state index in [-0.39, 0.29) is 22.1 Å². The van der Waals surface area contributed by atoms with Crippen LogP contribution in [0.4, 0.5) is 0 Å². The number of nitrogens with one attached hydrogen (secondary N) is 1. The fraction of sp³-hybridized carbons (Fsp3) is 0.350. The molecule has 0 aliphatic carbocycles. The van der Waals surface area contributed by atoms with Crippen LogP contribution in [0.25, 0.3) is 10.2 Å². The number of sulfonamides is 1. The first-order valence-electron chi connectivity index (χ1n) is 9.62. The van der Waals surface area contributed by atoms with Crippen LogP contribution in [0.1, 0.15) is 22.9 Å². The van der Waals surface area contributed by atoms with Crippen molar-refractivity contribution in [2.45, 2.75) is 36.7 Å². The summed E-state index contributed by atoms with van der Waals surface area (Å²) in [7, 11) is -2.04. The average Bonchev–Trinajstić information content (AvgIpc) is 3.04. The summed E-state index contributed by atoms with van der Waals surface area (Å²) in [4.78, 5) is 31.4. The summed E-state index contributed by atoms with van der Waals surface area (Å²) < 4.78 is 24.1. The number of nitrogens with zero attached hydrogens (tertiary/aromatic N) is 2. The van der Waals surface area contributed by atoms with Gasteiger partial charge in [-0.2, -0.15) is 0 Å². The third-order valence-electron chi connectivity index (χ3n) is 4.87. The minimum absolute atomic E-state index is 0.0544. The maximum atomic E-state index is 12.8. The minimum Gasteiger partial charge on any atom is -0.355 e. The molecule has 0 aliphatic rings. The van der Waals surface area contributed by atoms with Crippen LogP contribution in [0.3, 0.4) is 0 Å². The Morgan fingerprint density at radius 3 is 2.58 bits per heavy atom. The summed E-state index contributed by atoms with van der Waals surface area (Å²) in [6.45, 7) is 4.42. The van der Waals surface area contributed by atoms with Crippen molar-refractivity contribution in [2.75, 3.05) is 12.3 Å². The molecule has 8 nitrogen and oxygen atoms in total. The van der Waals surface area contributed by atoms with Gasteiger partial charge in [-0.25, -0.2) is 18.5 Å². The van der Waals surface area contributed by atoms with E-state index in [0.29, 0.717) is 28.3 Å². The summed E-state index contributed by atoms with van der Waals surface area (Å²) in [6.07, 6.45) is 1.33. The van der Waals surface area contributed by atoms with Crippen molar-refractivity contribution >= 4 is 49.2 Å². The Morgan fingerprint density at radius 2 is 1.97 bits per heavy atom. The van der Waals surface area contributed by atoms with Crippen molar-refractivity contribution in [3.63, 3.8) is 0 Å². The monoisotopic (exact) mass is 480 g/mol. The molecule has 1 aromatic carbocycles. The molecular formula is C20H24N4O4S3. The number of amides is 1. The Hall–Kier alpha value is -2.21. The summed E-state index contributed by atoms with van der Waals surface area (Å²) >= 11 is 2.73. The normalized spacial score (nSPS) is 11.7. The van der Waals surface area contributed by atoms with Crippen molar-refractivity contribution in [3.8, 4) is 0 Å². The SMILES string of the molecule is CCc1c(C)sc2nc(SCC(=O)NCCc3ccc(S(N)(=O)=O)cc3)n(C)c(=O)c12. The first-order valence-corrected chi connectivity index (χ1v) is 13.0. The van der Waals surface area contributed by atoms with Crippen molar-refractivity contribution in [1.82, 2.24) is 14.9 Å². The van der Waals surface area contributed by atoms with E-state index in [4.69, 9.17) is 5.14 Å². The van der Waals surface area contributed by atoms with Crippen LogP contribution in [0, 0.1) is 6.92 Å². The first kappa shape index (κ1) is 23.5. The van der Waals surface area contributed by atoms with Gasteiger partial charge < -0.3 is 5.32 Å². The van der Waals surface area contributed by atoms with Gasteiger partial charge in [-0.15, -0.1) is 11.3 Å². The van der Waals surface area contributed by atoms with E-state index in [0.717, 1.165) is 22.4 Å². The zero-order valence-electron chi connectivity index (χ0n) is 17.5. The van der Waals surface area contributed by atoms with E-state index in [1.807, 2.05) is 13.8 Å². The molecule has 0 radical (unpaired) electrons. The highest BCUT2D eigenvalue weighted by Crippen LogP contribution is 2.29. The molecule has 166 valence electrons. The van der Waals surface area contributed by atoms with Gasteiger partial charge in [0.1, 0.15) is 4.83 Å². The van der Waals surface area contributed by atoms with Crippen molar-refractivity contribution in [1.29, 1.82) is 0 Å². The largest absolute Gasteiger partial charge is 0.355 e. The standard InChI is InChI=1S/C20H24N4O4S3/c1-4-15-12(2)30-18-17(15)19(26)24(3)20(23-18)29-11-16(25)22-10-9-13-5-7-14(8-6-13)31(21,27)28/h5-8H,4,9-11H2,1-3H3,(H,22,25)(H2,21,27,28). The highest BCUT2D eigenvalue weighted by molar-refractivity contribution is 7.99. The number of rotatable bonds is 8. The fourth-order valence-electron chi connectivity index (χ4n) is 3.21. The van der Waals surface area contributed by atoms with Crippen molar-refractivity contribution in [3.05, 3.63) is 50.6 Å². The fourth-order valence-corrected chi connectivity index (χ4v) is 5.68. The number of carbonyl (C=O) groups excluding carboxylic acids is 1. The lowest BCUT2D eigenvalue weighted by atomic mass is 10.1. The van der Waals surface area contributed by atoms with Crippen LogP contribution in [-0.2, 0) is 34.7 Å². The van der Waals surface area contributed by atoms with Crippen LogP contribution in [0.5, 0.6) is 0 Å². The Balaban J connectivity index is 1.58. The maximum absolute atomic E-state index is 12.8. The first-order chi connectivity index (χ1) is 14.6. The van der Waals surface area contributed by atoms with E-state index in [1.54, 1.807) is 19.2 Å². The van der Waals surface area contributed by atoms with Crippen LogP contribution in [-0.4, -0.2) is 36.2 Å². The van der Waals surface area contributed by atoms with Gasteiger partial charge in [0.05, 0.1) is 16.0 Å². The minimum atomic E-state index is -3.71. The molecule has 0 spiro atoms. The number of hydrogen-bond donors (Lipinski definition) is 2. The number of fused-ring (bicyclic) bond motifs is 1. The Kier molecular flexibility index (Phi) is 7.20. The van der Waals surface area contributed by atoms with Gasteiger partial charge in [-0.3, -0.25) is 14.2 Å². The average molecular weight is 481 g/mol. The Bertz CT molecular complexity index is 1280. The molecule has 3 aromatic rings. The Labute approximate surface area is 188 Å². The Morgan fingerprint density at radius 1 is 1.29 bits per heavy atom. The number of hydrogen-bond acceptors (Lipinski definition) is 7. The predicted molar refractivity (Wildman–Crippen MR) is 124 cm³/mol. The molecule has 0 unspecified atom stereocenters. The number of nitrogens with two attached hydrogens (primary N) is 1. The molecule has 3 rings (SSSR count). The van der Waals surface area contributed by atoms with Gasteiger partial charge in [0.15, 0.2) is 5.16 Å². The molecule has 0 saturated carbocycles. The second-order valence-corrected chi connectivity index (χ2v) is 10.7. The second-order valence-electron chi connectivity index (χ2n) is 7.01. The summed E-state index contributed by atoms with van der Waals surface area (Å²) in [5.74, 6) is -0.0293. The summed E-state index contributed by atoms with van der Waals surface area (Å²) in [5.41, 5.74) is 1.84. The molecule has 2 heterocycles. The third-order valence-corrected chi connectivity index (χ3v) is 7.87. The predicted octanol–water partition coefficient (Wildman–Crippen LogP) is 1.96. The molecule has 31 heavy (non-hydrogen) atoms. The van der Waals surface area contributed by atoms with Crippen molar-refractivity contribution in [2.24, 2.45) is 12.2 Å². The number of primary sulfonamides is 1. The number of carbonyl (C=O) groups is 1. The molecular weight excluding hydrogens is 456 g/mol. The topological polar surface area (TPSA) is 124 Å². The number of thiophene rings is 1.